The Morgan fingerprint density at radius 3 is 2.92 bits per heavy atom. The molecular weight excluding hydrogens is 304 g/mol. The quantitative estimate of drug-likeness (QED) is 0.786. The number of amides is 1. The lowest BCUT2D eigenvalue weighted by atomic mass is 10.1. The first-order valence-electron chi connectivity index (χ1n) is 7.98. The summed E-state index contributed by atoms with van der Waals surface area (Å²) in [6.45, 7) is 0.710. The van der Waals surface area contributed by atoms with Gasteiger partial charge in [-0.1, -0.05) is 6.07 Å². The maximum atomic E-state index is 12.7. The predicted molar refractivity (Wildman–Crippen MR) is 91.1 cm³/mol. The lowest BCUT2D eigenvalue weighted by Crippen LogP contribution is -2.28. The fourth-order valence-corrected chi connectivity index (χ4v) is 3.01. The molecule has 0 saturated carbocycles. The van der Waals surface area contributed by atoms with E-state index < -0.39 is 0 Å². The van der Waals surface area contributed by atoms with Gasteiger partial charge in [-0.25, -0.2) is 4.98 Å². The first-order chi connectivity index (χ1) is 11.7. The number of benzene rings is 1. The highest BCUT2D eigenvalue weighted by Crippen LogP contribution is 2.18. The number of hydrogen-bond donors (Lipinski definition) is 1. The van der Waals surface area contributed by atoms with Crippen LogP contribution in [-0.2, 0) is 13.0 Å². The Morgan fingerprint density at radius 2 is 2.08 bits per heavy atom. The Labute approximate surface area is 138 Å². The van der Waals surface area contributed by atoms with Crippen LogP contribution >= 0.6 is 0 Å². The van der Waals surface area contributed by atoms with E-state index in [-0.39, 0.29) is 11.5 Å². The number of nitrogens with zero attached hydrogens (tertiary/aromatic N) is 3. The summed E-state index contributed by atoms with van der Waals surface area (Å²) < 4.78 is 1.75. The molecule has 0 fully saturated rings. The van der Waals surface area contributed by atoms with Crippen LogP contribution in [0, 0.1) is 0 Å². The van der Waals surface area contributed by atoms with Crippen molar-refractivity contribution in [2.45, 2.75) is 25.8 Å². The largest absolute Gasteiger partial charge is 0.321 e. The highest BCUT2D eigenvalue weighted by molar-refractivity contribution is 6.03. The van der Waals surface area contributed by atoms with E-state index in [1.165, 1.54) is 0 Å². The molecule has 0 radical (unpaired) electrons. The molecule has 0 aliphatic carbocycles. The van der Waals surface area contributed by atoms with Gasteiger partial charge in [0.1, 0.15) is 11.5 Å². The topological polar surface area (TPSA) is 76.9 Å². The second-order valence-electron chi connectivity index (χ2n) is 5.84. The van der Waals surface area contributed by atoms with Crippen molar-refractivity contribution < 1.29 is 4.79 Å². The molecule has 4 rings (SSSR count). The van der Waals surface area contributed by atoms with Crippen LogP contribution in [0.25, 0.3) is 10.9 Å². The van der Waals surface area contributed by atoms with Gasteiger partial charge >= 0.3 is 0 Å². The van der Waals surface area contributed by atoms with Crippen LogP contribution in [0.5, 0.6) is 0 Å². The molecule has 120 valence electrons. The van der Waals surface area contributed by atoms with Crippen molar-refractivity contribution >= 4 is 22.5 Å². The molecule has 3 aromatic rings. The minimum atomic E-state index is -0.305. The SMILES string of the molecule is O=C(Nc1ccc2nc3n(c(=O)c2c1)CCCC3)c1ccccn1. The Kier molecular flexibility index (Phi) is 3.57. The molecule has 0 spiro atoms. The zero-order valence-corrected chi connectivity index (χ0v) is 13.0. The third kappa shape index (κ3) is 2.56. The smallest absolute Gasteiger partial charge is 0.274 e. The number of aryl methyl sites for hydroxylation is 1. The zero-order valence-electron chi connectivity index (χ0n) is 13.0. The van der Waals surface area contributed by atoms with E-state index >= 15 is 0 Å². The number of rotatable bonds is 2. The van der Waals surface area contributed by atoms with Crippen molar-refractivity contribution in [2.75, 3.05) is 5.32 Å². The molecule has 0 saturated heterocycles. The average Bonchev–Trinajstić information content (AvgIpc) is 2.63. The Morgan fingerprint density at radius 1 is 1.17 bits per heavy atom. The number of anilines is 1. The van der Waals surface area contributed by atoms with E-state index in [0.29, 0.717) is 28.8 Å². The van der Waals surface area contributed by atoms with E-state index in [1.54, 1.807) is 47.2 Å². The van der Waals surface area contributed by atoms with Gasteiger partial charge in [0.2, 0.25) is 0 Å². The van der Waals surface area contributed by atoms with Gasteiger partial charge in [0, 0.05) is 24.8 Å². The van der Waals surface area contributed by atoms with E-state index in [2.05, 4.69) is 15.3 Å². The number of hydrogen-bond acceptors (Lipinski definition) is 4. The van der Waals surface area contributed by atoms with Gasteiger partial charge in [0.05, 0.1) is 10.9 Å². The van der Waals surface area contributed by atoms with Crippen LogP contribution < -0.4 is 10.9 Å². The van der Waals surface area contributed by atoms with E-state index in [4.69, 9.17) is 0 Å². The van der Waals surface area contributed by atoms with E-state index in [1.807, 2.05) is 0 Å². The number of fused-ring (bicyclic) bond motifs is 2. The van der Waals surface area contributed by atoms with Crippen LogP contribution in [-0.4, -0.2) is 20.4 Å². The number of carbonyl (C=O) groups is 1. The van der Waals surface area contributed by atoms with Crippen molar-refractivity contribution in [3.63, 3.8) is 0 Å². The van der Waals surface area contributed by atoms with Crippen molar-refractivity contribution in [2.24, 2.45) is 0 Å². The fraction of sp³-hybridized carbons (Fsp3) is 0.222. The molecule has 1 aromatic carbocycles. The molecule has 2 aromatic heterocycles. The molecule has 0 atom stereocenters. The Balaban J connectivity index is 1.72. The van der Waals surface area contributed by atoms with E-state index in [0.717, 1.165) is 25.1 Å². The van der Waals surface area contributed by atoms with Crippen LogP contribution in [0.2, 0.25) is 0 Å². The van der Waals surface area contributed by atoms with E-state index in [9.17, 15) is 9.59 Å². The number of aromatic nitrogens is 3. The zero-order chi connectivity index (χ0) is 16.5. The summed E-state index contributed by atoms with van der Waals surface area (Å²) in [4.78, 5) is 33.5. The molecule has 1 aliphatic heterocycles. The number of pyridine rings is 1. The monoisotopic (exact) mass is 320 g/mol. The molecule has 24 heavy (non-hydrogen) atoms. The van der Waals surface area contributed by atoms with Crippen LogP contribution in [0.3, 0.4) is 0 Å². The third-order valence-electron chi connectivity index (χ3n) is 4.22. The Bertz CT molecular complexity index is 979. The summed E-state index contributed by atoms with van der Waals surface area (Å²) in [5.41, 5.74) is 1.53. The molecule has 0 bridgehead atoms. The highest BCUT2D eigenvalue weighted by Gasteiger charge is 2.15. The maximum Gasteiger partial charge on any atom is 0.274 e. The average molecular weight is 320 g/mol. The fourth-order valence-electron chi connectivity index (χ4n) is 3.01. The summed E-state index contributed by atoms with van der Waals surface area (Å²) in [5, 5.41) is 3.31. The lowest BCUT2D eigenvalue weighted by molar-refractivity contribution is 0.102. The van der Waals surface area contributed by atoms with Crippen LogP contribution in [0.15, 0.2) is 47.4 Å². The van der Waals surface area contributed by atoms with Gasteiger partial charge in [0.15, 0.2) is 0 Å². The Hall–Kier alpha value is -3.02. The summed E-state index contributed by atoms with van der Waals surface area (Å²) in [5.74, 6) is 0.546. The second kappa shape index (κ2) is 5.88. The van der Waals surface area contributed by atoms with Crippen LogP contribution in [0.4, 0.5) is 5.69 Å². The second-order valence-corrected chi connectivity index (χ2v) is 5.84. The predicted octanol–water partition coefficient (Wildman–Crippen LogP) is 2.38. The minimum absolute atomic E-state index is 0.0383. The van der Waals surface area contributed by atoms with Gasteiger partial charge in [0.25, 0.3) is 11.5 Å². The number of carbonyl (C=O) groups excluding carboxylic acids is 1. The minimum Gasteiger partial charge on any atom is -0.321 e. The molecular formula is C18H16N4O2. The van der Waals surface area contributed by atoms with Crippen molar-refractivity contribution in [1.29, 1.82) is 0 Å². The normalized spacial score (nSPS) is 13.5. The summed E-state index contributed by atoms with van der Waals surface area (Å²) in [7, 11) is 0. The van der Waals surface area contributed by atoms with Crippen molar-refractivity contribution in [3.05, 3.63) is 64.5 Å². The summed E-state index contributed by atoms with van der Waals surface area (Å²) >= 11 is 0. The van der Waals surface area contributed by atoms with Crippen molar-refractivity contribution in [3.8, 4) is 0 Å². The van der Waals surface area contributed by atoms with Gasteiger partial charge in [-0.3, -0.25) is 19.1 Å². The van der Waals surface area contributed by atoms with Gasteiger partial charge in [-0.05, 0) is 43.2 Å². The first kappa shape index (κ1) is 14.6. The molecule has 1 aliphatic rings. The molecule has 3 heterocycles. The molecule has 1 amide bonds. The first-order valence-corrected chi connectivity index (χ1v) is 7.98. The molecule has 6 nitrogen and oxygen atoms in total. The maximum absolute atomic E-state index is 12.7. The molecule has 0 unspecified atom stereocenters. The molecule has 6 heteroatoms. The summed E-state index contributed by atoms with van der Waals surface area (Å²) in [6, 6.07) is 10.4. The lowest BCUT2D eigenvalue weighted by Gasteiger charge is -2.18. The number of nitrogens with one attached hydrogen (secondary N) is 1. The van der Waals surface area contributed by atoms with Crippen LogP contribution in [0.1, 0.15) is 29.2 Å². The van der Waals surface area contributed by atoms with Gasteiger partial charge in [-0.2, -0.15) is 0 Å². The third-order valence-corrected chi connectivity index (χ3v) is 4.22. The standard InChI is InChI=1S/C18H16N4O2/c23-17(15-5-1-3-9-19-15)20-12-7-8-14-13(11-12)18(24)22-10-4-2-6-16(22)21-14/h1,3,5,7-9,11H,2,4,6,10H2,(H,20,23). The highest BCUT2D eigenvalue weighted by atomic mass is 16.2. The molecule has 1 N–H and O–H groups in total. The summed E-state index contributed by atoms with van der Waals surface area (Å²) in [6.07, 6.45) is 4.47. The van der Waals surface area contributed by atoms with Gasteiger partial charge < -0.3 is 5.32 Å². The van der Waals surface area contributed by atoms with Gasteiger partial charge in [-0.15, -0.1) is 0 Å². The van der Waals surface area contributed by atoms with Crippen molar-refractivity contribution in [1.82, 2.24) is 14.5 Å².